The van der Waals surface area contributed by atoms with Gasteiger partial charge in [0.15, 0.2) is 0 Å². The normalized spacial score (nSPS) is 15.1. The molecule has 0 spiro atoms. The summed E-state index contributed by atoms with van der Waals surface area (Å²) in [6.07, 6.45) is -11.1. The van der Waals surface area contributed by atoms with Gasteiger partial charge in [-0.25, -0.2) is 51.9 Å². The number of aromatic nitrogens is 8. The molecule has 1 saturated carbocycles. The SMILES string of the molecule is COc1cc2c(cc1N1CCCOC1=O)nc(NC(=O)c1cccc(C(F)(F)F)c1)n2CCCO.COc1cc2c(cc1N1CCCOC1=O)nc(NC(=O)c1cccc(C(F)F)c1)n2CCCO.O=C(Nc1nc2cc(N3CCOCC3=O)c(C3CC3)cc2n1CCCO)c1cccc(C(F)(F)F)c1.[2H]C([2H])([2H])Oc1cc2c(cc1N1CCCOC1=O)nc(NC(=O)c1cccc(C(F)F)c1)n2CCCO. The number of aliphatic hydroxyl groups is 4. The number of cyclic esters (lactones) is 3. The molecule has 0 unspecified atom stereocenters. The maximum Gasteiger partial charge on any atom is 0.416 e. The Hall–Kier alpha value is -14.7. The number of amides is 8. The predicted octanol–water partition coefficient (Wildman–Crippen LogP) is 15.9. The number of benzene rings is 8. The van der Waals surface area contributed by atoms with Gasteiger partial charge in [-0.05, 0) is 160 Å². The van der Waals surface area contributed by atoms with Crippen molar-refractivity contribution in [1.82, 2.24) is 38.2 Å². The number of morpholine rings is 1. The van der Waals surface area contributed by atoms with Crippen molar-refractivity contribution in [3.05, 3.63) is 196 Å². The second-order valence-electron chi connectivity index (χ2n) is 32.0. The number of carbonyl (C=O) groups excluding carboxylic acids is 8. The highest BCUT2D eigenvalue weighted by molar-refractivity contribution is 6.08. The van der Waals surface area contributed by atoms with Gasteiger partial charge in [0.05, 0.1) is 124 Å². The Morgan fingerprint density at radius 1 is 0.424 bits per heavy atom. The van der Waals surface area contributed by atoms with Crippen LogP contribution in [-0.2, 0) is 62.3 Å². The number of ether oxygens (including phenoxy) is 7. The van der Waals surface area contributed by atoms with E-state index in [1.54, 1.807) is 42.9 Å². The van der Waals surface area contributed by atoms with Crippen LogP contribution >= 0.6 is 0 Å². The molecule has 139 heavy (non-hydrogen) atoms. The second kappa shape index (κ2) is 44.6. The van der Waals surface area contributed by atoms with Crippen molar-refractivity contribution in [3.8, 4) is 17.2 Å². The average Bonchev–Trinajstić information content (AvgIpc) is 1.61. The third-order valence-corrected chi connectivity index (χ3v) is 22.8. The summed E-state index contributed by atoms with van der Waals surface area (Å²) in [4.78, 5) is 125. The van der Waals surface area contributed by atoms with E-state index >= 15 is 0 Å². The fraction of sp³-hybridized carbons (Fsp3) is 0.362. The fourth-order valence-corrected chi connectivity index (χ4v) is 15.9. The maximum absolute atomic E-state index is 13.1. The smallest absolute Gasteiger partial charge is 0.416 e. The van der Waals surface area contributed by atoms with Gasteiger partial charge in [0.2, 0.25) is 23.8 Å². The van der Waals surface area contributed by atoms with E-state index < -0.39 is 85.3 Å². The van der Waals surface area contributed by atoms with Crippen molar-refractivity contribution in [2.45, 2.75) is 115 Å². The van der Waals surface area contributed by atoms with Crippen LogP contribution < -0.4 is 55.1 Å². The topological polar surface area (TPSA) is 414 Å². The summed E-state index contributed by atoms with van der Waals surface area (Å²) in [6.45, 7) is 3.52. The fourth-order valence-electron chi connectivity index (χ4n) is 15.9. The quantitative estimate of drug-likeness (QED) is 0.0153. The molecule has 8 N–H and O–H groups in total. The van der Waals surface area contributed by atoms with Crippen LogP contribution in [0.25, 0.3) is 44.1 Å². The van der Waals surface area contributed by atoms with Gasteiger partial charge in [-0.1, -0.05) is 36.4 Å². The molecule has 0 bridgehead atoms. The Morgan fingerprint density at radius 3 is 1.05 bits per heavy atom. The number of imidazole rings is 4. The highest BCUT2D eigenvalue weighted by atomic mass is 19.4. The largest absolute Gasteiger partial charge is 0.494 e. The van der Waals surface area contributed by atoms with Crippen LogP contribution in [0.2, 0.25) is 0 Å². The third-order valence-electron chi connectivity index (χ3n) is 22.8. The summed E-state index contributed by atoms with van der Waals surface area (Å²) >= 11 is 0. The first-order valence-electron chi connectivity index (χ1n) is 45.4. The molecule has 1 aliphatic carbocycles. The number of halogens is 10. The number of nitrogens with zero attached hydrogens (tertiary/aromatic N) is 12. The van der Waals surface area contributed by atoms with E-state index in [-0.39, 0.29) is 140 Å². The molecule has 4 aliphatic heterocycles. The van der Waals surface area contributed by atoms with Crippen LogP contribution in [0, 0.1) is 0 Å². The summed E-state index contributed by atoms with van der Waals surface area (Å²) in [7, 11) is 0.0998. The molecule has 4 aromatic heterocycles. The van der Waals surface area contributed by atoms with Crippen molar-refractivity contribution in [3.63, 3.8) is 0 Å². The molecule has 17 rings (SSSR count). The monoisotopic (exact) mass is 1950 g/mol. The van der Waals surface area contributed by atoms with Crippen molar-refractivity contribution in [2.75, 3.05) is 148 Å². The lowest BCUT2D eigenvalue weighted by Gasteiger charge is -2.29. The second-order valence-corrected chi connectivity index (χ2v) is 32.0. The summed E-state index contributed by atoms with van der Waals surface area (Å²) in [5.74, 6) is -1.51. The lowest BCUT2D eigenvalue weighted by Crippen LogP contribution is -2.42. The summed E-state index contributed by atoms with van der Waals surface area (Å²) < 4.78 is 197. The zero-order valence-electron chi connectivity index (χ0n) is 77.5. The number of anilines is 8. The maximum atomic E-state index is 13.1. The zero-order chi connectivity index (χ0) is 102. The van der Waals surface area contributed by atoms with E-state index in [0.29, 0.717) is 164 Å². The predicted molar refractivity (Wildman–Crippen MR) is 488 cm³/mol. The summed E-state index contributed by atoms with van der Waals surface area (Å²) in [5.41, 5.74) is 4.05. The van der Waals surface area contributed by atoms with Crippen molar-refractivity contribution < 1.29 is 140 Å². The minimum Gasteiger partial charge on any atom is -0.494 e. The van der Waals surface area contributed by atoms with Crippen LogP contribution in [0.5, 0.6) is 17.2 Å². The molecule has 8 amide bonds. The first kappa shape index (κ1) is 96.0. The number of alkyl halides is 10. The number of nitrogens with one attached hydrogen (secondary N) is 4. The first-order chi connectivity index (χ1) is 68.0. The van der Waals surface area contributed by atoms with Gasteiger partial charge >= 0.3 is 30.6 Å². The number of aryl methyl sites for hydroxylation is 4. The molecule has 35 nitrogen and oxygen atoms in total. The molecule has 8 aromatic carbocycles. The summed E-state index contributed by atoms with van der Waals surface area (Å²) in [6, 6.07) is 31.7. The van der Waals surface area contributed by atoms with Crippen LogP contribution in [0.3, 0.4) is 0 Å². The molecule has 0 radical (unpaired) electrons. The van der Waals surface area contributed by atoms with Gasteiger partial charge in [0, 0.05) is 136 Å². The number of hydrogen-bond acceptors (Lipinski definition) is 23. The van der Waals surface area contributed by atoms with Crippen LogP contribution in [0.1, 0.15) is 150 Å². The van der Waals surface area contributed by atoms with Gasteiger partial charge in [0.25, 0.3) is 42.4 Å². The Labute approximate surface area is 789 Å². The highest BCUT2D eigenvalue weighted by Crippen LogP contribution is 2.48. The van der Waals surface area contributed by atoms with E-state index in [1.807, 2.05) is 12.1 Å². The van der Waals surface area contributed by atoms with Crippen LogP contribution in [0.15, 0.2) is 146 Å². The Bertz CT molecular complexity index is 6670. The molecule has 5 aliphatic rings. The van der Waals surface area contributed by atoms with Crippen molar-refractivity contribution in [1.29, 1.82) is 0 Å². The lowest BCUT2D eigenvalue weighted by molar-refractivity contribution is -0.138. The molecule has 45 heteroatoms. The Balaban J connectivity index is 0.000000150. The van der Waals surface area contributed by atoms with E-state index in [9.17, 15) is 103 Å². The average molecular weight is 1950 g/mol. The van der Waals surface area contributed by atoms with Crippen molar-refractivity contribution in [2.24, 2.45) is 0 Å². The molecular weight excluding hydrogens is 1850 g/mol. The van der Waals surface area contributed by atoms with Crippen LogP contribution in [-0.4, -0.2) is 213 Å². The lowest BCUT2D eigenvalue weighted by atomic mass is 10.1. The number of rotatable bonds is 30. The molecular formula is C94H96F10N16O19. The standard InChI is InChI=1S/C25H25F3N4O4.C23H23F3N4O5.2C23H24F2N4O5/c26-25(27,28)17-4-1-3-16(11-17)23(35)30-24-29-19-13-20(31-8-10-36-14-22(31)34)18(15-5-6-15)12-21(19)32(24)7-2-9-33;1-34-19-13-17-16(12-18(19)30-8-4-10-35-22(30)33)27-21(29(17)7-3-9-31)28-20(32)14-5-2-6-15(11-14)23(24,25)26;2*1-33-19-13-17-16(12-18(19)29-8-4-10-34-23(29)32)26-22(28(17)7-3-9-30)27-21(31)15-6-2-5-14(11-15)20(24)25/h1,3-4,11-13,15,33H,2,5-10,14H2,(H,29,30,35);2,5-6,11-13,31H,3-4,7-10H2,1H3,(H,27,28,32);2*2,5-6,11-13,20,30H,3-4,7-10H2,1H3,(H,26,27,31)/i;;1D3;. The first-order valence-corrected chi connectivity index (χ1v) is 43.9. The number of fused-ring (bicyclic) bond motifs is 4. The van der Waals surface area contributed by atoms with E-state index in [1.165, 1.54) is 100 Å². The van der Waals surface area contributed by atoms with Gasteiger partial charge < -0.3 is 76.8 Å². The molecule has 8 heterocycles. The molecule has 5 fully saturated rings. The van der Waals surface area contributed by atoms with Gasteiger partial charge in [-0.2, -0.15) is 26.3 Å². The number of hydrogen-bond donors (Lipinski definition) is 8. The number of methoxy groups -OCH3 is 3. The molecule has 0 atom stereocenters. The van der Waals surface area contributed by atoms with E-state index in [0.717, 1.165) is 66.6 Å². The minimum atomic E-state index is -4.59. The number of carbonyl (C=O) groups is 8. The van der Waals surface area contributed by atoms with Crippen molar-refractivity contribution >= 4 is 138 Å². The summed E-state index contributed by atoms with van der Waals surface area (Å²) in [5, 5.41) is 47.9. The van der Waals surface area contributed by atoms with Gasteiger partial charge in [-0.3, -0.25) is 59.9 Å². The molecule has 12 aromatic rings. The molecule has 4 saturated heterocycles. The third kappa shape index (κ3) is 23.4. The Morgan fingerprint density at radius 2 is 0.748 bits per heavy atom. The Kier molecular flexibility index (Phi) is 30.8. The van der Waals surface area contributed by atoms with E-state index in [2.05, 4.69) is 41.2 Å². The van der Waals surface area contributed by atoms with Crippen LogP contribution in [0.4, 0.5) is 105 Å². The van der Waals surface area contributed by atoms with Gasteiger partial charge in [-0.15, -0.1) is 0 Å². The molecule has 736 valence electrons. The minimum absolute atomic E-state index is 0.00534. The van der Waals surface area contributed by atoms with E-state index in [4.69, 9.17) is 37.3 Å². The number of aliphatic hydroxyl groups excluding tert-OH is 4. The zero-order valence-corrected chi connectivity index (χ0v) is 74.5. The highest BCUT2D eigenvalue weighted by Gasteiger charge is 2.37. The van der Waals surface area contributed by atoms with Gasteiger partial charge in [0.1, 0.15) is 23.9 Å².